The van der Waals surface area contributed by atoms with E-state index in [2.05, 4.69) is 29.2 Å². The second-order valence-corrected chi connectivity index (χ2v) is 5.84. The maximum Gasteiger partial charge on any atom is 0.260 e. The van der Waals surface area contributed by atoms with E-state index in [1.54, 1.807) is 23.2 Å². The molecule has 1 N–H and O–H groups in total. The van der Waals surface area contributed by atoms with Gasteiger partial charge >= 0.3 is 0 Å². The maximum absolute atomic E-state index is 12.4. The van der Waals surface area contributed by atoms with E-state index < -0.39 is 0 Å². The molecule has 0 atom stereocenters. The van der Waals surface area contributed by atoms with Crippen molar-refractivity contribution in [2.24, 2.45) is 5.92 Å². The summed E-state index contributed by atoms with van der Waals surface area (Å²) < 4.78 is 0. The van der Waals surface area contributed by atoms with Gasteiger partial charge in [0.05, 0.1) is 0 Å². The first-order valence-electron chi connectivity index (χ1n) is 7.75. The normalized spacial score (nSPS) is 15.7. The van der Waals surface area contributed by atoms with E-state index in [0.29, 0.717) is 5.92 Å². The SMILES string of the molecule is O=C(c1ccc[nH]c1=O)N1CCC(Cc2ccccc2)CC1. The molecule has 114 valence electrons. The van der Waals surface area contributed by atoms with E-state index in [1.807, 2.05) is 6.07 Å². The fraction of sp³-hybridized carbons (Fsp3) is 0.333. The number of piperidine rings is 1. The number of benzene rings is 1. The van der Waals surface area contributed by atoms with Crippen molar-refractivity contribution in [1.29, 1.82) is 0 Å². The Bertz CT molecular complexity index is 685. The van der Waals surface area contributed by atoms with Crippen molar-refractivity contribution in [2.45, 2.75) is 19.3 Å². The van der Waals surface area contributed by atoms with Crippen molar-refractivity contribution in [1.82, 2.24) is 9.88 Å². The Morgan fingerprint density at radius 2 is 1.82 bits per heavy atom. The predicted octanol–water partition coefficient (Wildman–Crippen LogP) is 2.47. The summed E-state index contributed by atoms with van der Waals surface area (Å²) in [5, 5.41) is 0. The fourth-order valence-electron chi connectivity index (χ4n) is 3.05. The molecule has 1 aliphatic rings. The highest BCUT2D eigenvalue weighted by atomic mass is 16.2. The van der Waals surface area contributed by atoms with Gasteiger partial charge in [0.2, 0.25) is 0 Å². The lowest BCUT2D eigenvalue weighted by molar-refractivity contribution is 0.0688. The fourth-order valence-corrected chi connectivity index (χ4v) is 3.05. The largest absolute Gasteiger partial charge is 0.338 e. The first kappa shape index (κ1) is 14.6. The number of nitrogens with zero attached hydrogens (tertiary/aromatic N) is 1. The summed E-state index contributed by atoms with van der Waals surface area (Å²) in [6, 6.07) is 13.8. The highest BCUT2D eigenvalue weighted by Crippen LogP contribution is 2.22. The van der Waals surface area contributed by atoms with Crippen LogP contribution < -0.4 is 5.56 Å². The van der Waals surface area contributed by atoms with Gasteiger partial charge in [0, 0.05) is 19.3 Å². The van der Waals surface area contributed by atoms with Crippen molar-refractivity contribution in [3.63, 3.8) is 0 Å². The minimum atomic E-state index is -0.307. The third-order valence-corrected chi connectivity index (χ3v) is 4.32. The minimum absolute atomic E-state index is 0.153. The summed E-state index contributed by atoms with van der Waals surface area (Å²) in [5.74, 6) is 0.459. The van der Waals surface area contributed by atoms with Gasteiger partial charge in [0.1, 0.15) is 5.56 Å². The molecular weight excluding hydrogens is 276 g/mol. The molecule has 0 bridgehead atoms. The Kier molecular flexibility index (Phi) is 4.37. The maximum atomic E-state index is 12.4. The van der Waals surface area contributed by atoms with Crippen LogP contribution >= 0.6 is 0 Å². The molecule has 22 heavy (non-hydrogen) atoms. The van der Waals surface area contributed by atoms with Crippen molar-refractivity contribution < 1.29 is 4.79 Å². The number of H-pyrrole nitrogens is 1. The van der Waals surface area contributed by atoms with Gasteiger partial charge in [-0.05, 0) is 42.9 Å². The molecule has 0 aliphatic carbocycles. The van der Waals surface area contributed by atoms with Gasteiger partial charge < -0.3 is 9.88 Å². The highest BCUT2D eigenvalue weighted by Gasteiger charge is 2.24. The molecule has 1 saturated heterocycles. The van der Waals surface area contributed by atoms with Crippen LogP contribution in [0.4, 0.5) is 0 Å². The van der Waals surface area contributed by atoms with E-state index in [4.69, 9.17) is 0 Å². The Balaban J connectivity index is 1.59. The first-order valence-corrected chi connectivity index (χ1v) is 7.75. The van der Waals surface area contributed by atoms with E-state index in [-0.39, 0.29) is 17.0 Å². The topological polar surface area (TPSA) is 53.2 Å². The quantitative estimate of drug-likeness (QED) is 0.946. The van der Waals surface area contributed by atoms with Crippen LogP contribution in [-0.4, -0.2) is 28.9 Å². The van der Waals surface area contributed by atoms with Crippen molar-refractivity contribution in [3.8, 4) is 0 Å². The number of carbonyl (C=O) groups is 1. The standard InChI is InChI=1S/C18H20N2O2/c21-17-16(7-4-10-19-17)18(22)20-11-8-15(9-12-20)13-14-5-2-1-3-6-14/h1-7,10,15H,8-9,11-13H2,(H,19,21). The Labute approximate surface area is 129 Å². The molecule has 0 radical (unpaired) electrons. The average molecular weight is 296 g/mol. The molecule has 2 aromatic rings. The second kappa shape index (κ2) is 6.60. The van der Waals surface area contributed by atoms with Crippen LogP contribution in [0.15, 0.2) is 53.5 Å². The number of nitrogens with one attached hydrogen (secondary N) is 1. The third-order valence-electron chi connectivity index (χ3n) is 4.32. The zero-order valence-corrected chi connectivity index (χ0v) is 12.5. The molecule has 0 unspecified atom stereocenters. The lowest BCUT2D eigenvalue weighted by atomic mass is 9.90. The predicted molar refractivity (Wildman–Crippen MR) is 85.8 cm³/mol. The van der Waals surface area contributed by atoms with Crippen LogP contribution in [-0.2, 0) is 6.42 Å². The number of carbonyl (C=O) groups excluding carboxylic acids is 1. The number of aromatic amines is 1. The average Bonchev–Trinajstić information content (AvgIpc) is 2.56. The molecule has 4 nitrogen and oxygen atoms in total. The molecule has 2 heterocycles. The van der Waals surface area contributed by atoms with Gasteiger partial charge in [-0.1, -0.05) is 30.3 Å². The van der Waals surface area contributed by atoms with Crippen LogP contribution in [0.1, 0.15) is 28.8 Å². The van der Waals surface area contributed by atoms with Gasteiger partial charge in [0.15, 0.2) is 0 Å². The van der Waals surface area contributed by atoms with Gasteiger partial charge in [0.25, 0.3) is 11.5 Å². The van der Waals surface area contributed by atoms with Crippen molar-refractivity contribution in [2.75, 3.05) is 13.1 Å². The number of hydrogen-bond acceptors (Lipinski definition) is 2. The molecule has 1 fully saturated rings. The molecule has 1 aromatic heterocycles. The second-order valence-electron chi connectivity index (χ2n) is 5.84. The number of amides is 1. The molecule has 3 rings (SSSR count). The highest BCUT2D eigenvalue weighted by molar-refractivity contribution is 5.93. The van der Waals surface area contributed by atoms with Gasteiger partial charge in [-0.25, -0.2) is 0 Å². The van der Waals surface area contributed by atoms with Gasteiger partial charge in [-0.15, -0.1) is 0 Å². The smallest absolute Gasteiger partial charge is 0.260 e. The molecule has 1 amide bonds. The van der Waals surface area contributed by atoms with Crippen molar-refractivity contribution >= 4 is 5.91 Å². The van der Waals surface area contributed by atoms with Crippen LogP contribution in [0.3, 0.4) is 0 Å². The van der Waals surface area contributed by atoms with Crippen LogP contribution in [0, 0.1) is 5.92 Å². The van der Waals surface area contributed by atoms with Crippen LogP contribution in [0.5, 0.6) is 0 Å². The first-order chi connectivity index (χ1) is 10.7. The number of pyridine rings is 1. The number of likely N-dealkylation sites (tertiary alicyclic amines) is 1. The summed E-state index contributed by atoms with van der Waals surface area (Å²) in [6.07, 6.45) is 4.59. The van der Waals surface area contributed by atoms with Gasteiger partial charge in [-0.3, -0.25) is 9.59 Å². The molecule has 4 heteroatoms. The zero-order valence-electron chi connectivity index (χ0n) is 12.5. The summed E-state index contributed by atoms with van der Waals surface area (Å²) in [5.41, 5.74) is 1.29. The summed E-state index contributed by atoms with van der Waals surface area (Å²) in [4.78, 5) is 28.5. The third kappa shape index (κ3) is 3.27. The van der Waals surface area contributed by atoms with Crippen LogP contribution in [0.25, 0.3) is 0 Å². The Hall–Kier alpha value is -2.36. The molecule has 0 spiro atoms. The molecule has 1 aliphatic heterocycles. The number of hydrogen-bond donors (Lipinski definition) is 1. The van der Waals surface area contributed by atoms with E-state index >= 15 is 0 Å². The van der Waals surface area contributed by atoms with E-state index in [0.717, 1.165) is 32.4 Å². The summed E-state index contributed by atoms with van der Waals surface area (Å²) in [7, 11) is 0. The lowest BCUT2D eigenvalue weighted by Gasteiger charge is -2.32. The number of rotatable bonds is 3. The minimum Gasteiger partial charge on any atom is -0.338 e. The Morgan fingerprint density at radius 1 is 1.09 bits per heavy atom. The number of aromatic nitrogens is 1. The summed E-state index contributed by atoms with van der Waals surface area (Å²) >= 11 is 0. The van der Waals surface area contributed by atoms with Gasteiger partial charge in [-0.2, -0.15) is 0 Å². The zero-order chi connectivity index (χ0) is 15.4. The van der Waals surface area contributed by atoms with Crippen LogP contribution in [0.2, 0.25) is 0 Å². The monoisotopic (exact) mass is 296 g/mol. The lowest BCUT2D eigenvalue weighted by Crippen LogP contribution is -2.40. The van der Waals surface area contributed by atoms with Crippen molar-refractivity contribution in [3.05, 3.63) is 70.1 Å². The van der Waals surface area contributed by atoms with E-state index in [1.165, 1.54) is 5.56 Å². The molecular formula is C18H20N2O2. The Morgan fingerprint density at radius 3 is 2.50 bits per heavy atom. The summed E-state index contributed by atoms with van der Waals surface area (Å²) in [6.45, 7) is 1.45. The molecule has 1 aromatic carbocycles. The van der Waals surface area contributed by atoms with E-state index in [9.17, 15) is 9.59 Å². The molecule has 0 saturated carbocycles.